The summed E-state index contributed by atoms with van der Waals surface area (Å²) < 4.78 is 39.9. The highest BCUT2D eigenvalue weighted by Crippen LogP contribution is 2.32. The van der Waals surface area contributed by atoms with Crippen LogP contribution in [-0.2, 0) is 15.8 Å². The van der Waals surface area contributed by atoms with Crippen molar-refractivity contribution >= 4 is 23.6 Å². The van der Waals surface area contributed by atoms with E-state index in [0.717, 1.165) is 31.4 Å². The molecule has 0 radical (unpaired) electrons. The van der Waals surface area contributed by atoms with Crippen molar-refractivity contribution in [3.05, 3.63) is 29.3 Å². The molecular weight excluding hydrogens is 507 g/mol. The molecule has 1 heterocycles. The monoisotopic (exact) mass is 545 g/mol. The van der Waals surface area contributed by atoms with Gasteiger partial charge < -0.3 is 25.9 Å². The maximum Gasteiger partial charge on any atom is 0.430 e. The summed E-state index contributed by atoms with van der Waals surface area (Å²) in [6, 6.07) is 1.83. The Hall–Kier alpha value is -2.90. The predicted molar refractivity (Wildman–Crippen MR) is 135 cm³/mol. The molecule has 13 heteroatoms. The molecule has 1 aromatic rings. The predicted octanol–water partition coefficient (Wildman–Crippen LogP) is 3.03. The second-order valence-corrected chi connectivity index (χ2v) is 9.33. The molecule has 1 fully saturated rings. The van der Waals surface area contributed by atoms with Gasteiger partial charge in [0.05, 0.1) is 35.5 Å². The number of nitrogens with zero attached hydrogens (tertiary/aromatic N) is 1. The van der Waals surface area contributed by atoms with E-state index >= 15 is 0 Å². The van der Waals surface area contributed by atoms with E-state index in [1.807, 2.05) is 20.8 Å². The lowest BCUT2D eigenvalue weighted by atomic mass is 10.1. The van der Waals surface area contributed by atoms with Crippen LogP contribution < -0.4 is 21.3 Å². The Balaban J connectivity index is 2.09. The first-order valence-electron chi connectivity index (χ1n) is 12.9. The van der Waals surface area contributed by atoms with Crippen LogP contribution in [0.4, 0.5) is 23.7 Å². The first-order valence-corrected chi connectivity index (χ1v) is 12.9. The van der Waals surface area contributed by atoms with Gasteiger partial charge in [0.1, 0.15) is 0 Å². The fraction of sp³-hybridized carbons (Fsp3) is 0.640. The van der Waals surface area contributed by atoms with Crippen LogP contribution in [0.3, 0.4) is 0 Å². The lowest BCUT2D eigenvalue weighted by Gasteiger charge is -2.26. The van der Waals surface area contributed by atoms with Gasteiger partial charge in [0, 0.05) is 25.7 Å². The summed E-state index contributed by atoms with van der Waals surface area (Å²) in [6.07, 6.45) is -2.82. The molecule has 0 saturated carbocycles. The molecule has 1 aliphatic heterocycles. The minimum Gasteiger partial charge on any atom is -0.391 e. The van der Waals surface area contributed by atoms with Crippen LogP contribution in [-0.4, -0.2) is 72.4 Å². The highest BCUT2D eigenvalue weighted by Gasteiger charge is 2.32. The first-order chi connectivity index (χ1) is 17.9. The number of hydrogen-bond donors (Lipinski definition) is 5. The molecule has 38 heavy (non-hydrogen) atoms. The van der Waals surface area contributed by atoms with Crippen molar-refractivity contribution in [2.75, 3.05) is 31.5 Å². The third-order valence-corrected chi connectivity index (χ3v) is 6.21. The number of amides is 3. The van der Waals surface area contributed by atoms with Gasteiger partial charge in [-0.05, 0) is 50.8 Å². The largest absolute Gasteiger partial charge is 0.430 e. The fourth-order valence-electron chi connectivity index (χ4n) is 3.81. The molecule has 1 saturated heterocycles. The highest BCUT2D eigenvalue weighted by molar-refractivity contribution is 6.03. The van der Waals surface area contributed by atoms with Crippen LogP contribution in [0.25, 0.3) is 0 Å². The Morgan fingerprint density at radius 3 is 2.45 bits per heavy atom. The average Bonchev–Trinajstić information content (AvgIpc) is 3.37. The Morgan fingerprint density at radius 2 is 1.84 bits per heavy atom. The van der Waals surface area contributed by atoms with Crippen LogP contribution in [0.5, 0.6) is 0 Å². The molecule has 0 spiro atoms. The van der Waals surface area contributed by atoms with Crippen LogP contribution in [0, 0.1) is 0 Å². The normalized spacial score (nSPS) is 16.4. The number of rotatable bonds is 13. The number of carbonyl (C=O) groups excluding carboxylic acids is 3. The molecule has 0 bridgehead atoms. The third kappa shape index (κ3) is 10.1. The van der Waals surface area contributed by atoms with E-state index in [0.29, 0.717) is 38.5 Å². The molecule has 3 amide bonds. The number of alkyl halides is 3. The fourth-order valence-corrected chi connectivity index (χ4v) is 3.81. The topological polar surface area (TPSA) is 132 Å². The number of nitrogens with one attached hydrogen (secondary N) is 4. The van der Waals surface area contributed by atoms with Crippen LogP contribution in [0.2, 0.25) is 0 Å². The van der Waals surface area contributed by atoms with Crippen LogP contribution in [0.1, 0.15) is 68.8 Å². The van der Waals surface area contributed by atoms with Crippen LogP contribution >= 0.6 is 0 Å². The number of benzene rings is 1. The van der Waals surface area contributed by atoms with E-state index in [4.69, 9.17) is 4.84 Å². The lowest BCUT2D eigenvalue weighted by Crippen LogP contribution is -2.52. The van der Waals surface area contributed by atoms with Crippen molar-refractivity contribution in [1.29, 1.82) is 0 Å². The molecule has 1 unspecified atom stereocenters. The number of aliphatic hydroxyl groups is 1. The first kappa shape index (κ1) is 31.3. The average molecular weight is 546 g/mol. The van der Waals surface area contributed by atoms with E-state index in [-0.39, 0.29) is 11.7 Å². The minimum atomic E-state index is -4.73. The van der Waals surface area contributed by atoms with Gasteiger partial charge in [-0.3, -0.25) is 14.9 Å². The smallest absolute Gasteiger partial charge is 0.391 e. The second kappa shape index (κ2) is 14.9. The molecule has 0 aromatic heterocycles. The molecule has 3 atom stereocenters. The molecule has 214 valence electrons. The maximum absolute atomic E-state index is 13.3. The van der Waals surface area contributed by atoms with Crippen molar-refractivity contribution in [1.82, 2.24) is 21.0 Å². The zero-order chi connectivity index (χ0) is 28.3. The van der Waals surface area contributed by atoms with Gasteiger partial charge in [0.2, 0.25) is 5.91 Å². The summed E-state index contributed by atoms with van der Waals surface area (Å²) in [5.41, 5.74) is -1.77. The Kier molecular flexibility index (Phi) is 12.3. The Labute approximate surface area is 220 Å². The summed E-state index contributed by atoms with van der Waals surface area (Å²) in [5, 5.41) is 22.3. The number of hydroxylamine groups is 2. The summed E-state index contributed by atoms with van der Waals surface area (Å²) in [7, 11) is 0. The molecule has 1 aliphatic rings. The number of carbonyl (C=O) groups is 3. The van der Waals surface area contributed by atoms with Gasteiger partial charge in [-0.25, -0.2) is 4.79 Å². The second-order valence-electron chi connectivity index (χ2n) is 9.33. The Bertz CT molecular complexity index is 940. The van der Waals surface area contributed by atoms with E-state index in [1.54, 1.807) is 0 Å². The number of halogens is 3. The van der Waals surface area contributed by atoms with Crippen molar-refractivity contribution in [3.8, 4) is 0 Å². The highest BCUT2D eigenvalue weighted by atomic mass is 19.4. The maximum atomic E-state index is 13.3. The summed E-state index contributed by atoms with van der Waals surface area (Å²) in [4.78, 5) is 42.7. The zero-order valence-corrected chi connectivity index (χ0v) is 22.0. The molecule has 2 rings (SSSR count). The van der Waals surface area contributed by atoms with Crippen molar-refractivity contribution < 1.29 is 37.5 Å². The number of anilines is 1. The number of hydrogen-bond acceptors (Lipinski definition) is 7. The van der Waals surface area contributed by atoms with Gasteiger partial charge in [-0.15, -0.1) is 5.06 Å². The molecule has 1 aromatic carbocycles. The molecule has 0 aliphatic carbocycles. The van der Waals surface area contributed by atoms with Gasteiger partial charge in [0.25, 0.3) is 5.91 Å². The van der Waals surface area contributed by atoms with Crippen molar-refractivity contribution in [2.45, 2.75) is 77.2 Å². The summed E-state index contributed by atoms with van der Waals surface area (Å²) in [5.74, 6) is -1.62. The van der Waals surface area contributed by atoms with Gasteiger partial charge in [-0.2, -0.15) is 13.2 Å². The molecular formula is C25H38F3N5O5. The number of aliphatic hydroxyl groups excluding tert-OH is 1. The van der Waals surface area contributed by atoms with Gasteiger partial charge in [-0.1, -0.05) is 20.3 Å². The van der Waals surface area contributed by atoms with E-state index in [2.05, 4.69) is 21.3 Å². The quantitative estimate of drug-likeness (QED) is 0.257. The molecule has 10 nitrogen and oxygen atoms in total. The SMILES string of the molecule is CCC[C@H](O)[C@H](CNC(C)CC)NC(=O)CNC(=O)c1cc(C(F)(F)F)ccc1NC(=O)ON1CCCC1. The standard InChI is InChI=1S/C25H38F3N5O5/c1-4-8-21(34)20(14-29-16(3)5-2)31-22(35)15-30-23(36)18-13-17(25(26,27)28)9-10-19(18)32-24(37)38-33-11-6-7-12-33/h9-10,13,16,20-21,29,34H,4-8,11-12,14-15H2,1-3H3,(H,30,36)(H,31,35)(H,32,37)/t16?,20-,21-/m0/s1. The zero-order valence-electron chi connectivity index (χ0n) is 22.0. The van der Waals surface area contributed by atoms with E-state index in [1.165, 1.54) is 5.06 Å². The summed E-state index contributed by atoms with van der Waals surface area (Å²) >= 11 is 0. The van der Waals surface area contributed by atoms with E-state index in [9.17, 15) is 32.7 Å². The van der Waals surface area contributed by atoms with Gasteiger partial charge in [0.15, 0.2) is 0 Å². The lowest BCUT2D eigenvalue weighted by molar-refractivity contribution is -0.137. The third-order valence-electron chi connectivity index (χ3n) is 6.21. The van der Waals surface area contributed by atoms with Crippen molar-refractivity contribution in [3.63, 3.8) is 0 Å². The van der Waals surface area contributed by atoms with Gasteiger partial charge >= 0.3 is 12.3 Å². The Morgan fingerprint density at radius 1 is 1.16 bits per heavy atom. The van der Waals surface area contributed by atoms with E-state index < -0.39 is 53.9 Å². The van der Waals surface area contributed by atoms with Crippen molar-refractivity contribution in [2.24, 2.45) is 0 Å². The van der Waals surface area contributed by atoms with Crippen LogP contribution in [0.15, 0.2) is 18.2 Å². The minimum absolute atomic E-state index is 0.159. The molecule has 5 N–H and O–H groups in total. The summed E-state index contributed by atoms with van der Waals surface area (Å²) in [6.45, 7) is 6.67.